The molecule has 2 aliphatic heterocycles. The molecule has 170 valence electrons. The van der Waals surface area contributed by atoms with E-state index in [4.69, 9.17) is 17.0 Å². The molecule has 2 saturated heterocycles. The van der Waals surface area contributed by atoms with Crippen LogP contribution in [0.25, 0.3) is 6.08 Å². The Hall–Kier alpha value is -2.93. The number of pyridine rings is 1. The van der Waals surface area contributed by atoms with Gasteiger partial charge in [0.05, 0.1) is 24.7 Å². The van der Waals surface area contributed by atoms with Crippen LogP contribution in [0.1, 0.15) is 29.2 Å². The van der Waals surface area contributed by atoms with Crippen molar-refractivity contribution in [2.45, 2.75) is 26.9 Å². The minimum Gasteiger partial charge on any atom is -0.378 e. The van der Waals surface area contributed by atoms with Gasteiger partial charge in [0, 0.05) is 25.2 Å². The molecule has 2 aliphatic rings. The van der Waals surface area contributed by atoms with Crippen molar-refractivity contribution < 1.29 is 9.53 Å². The van der Waals surface area contributed by atoms with Gasteiger partial charge < -0.3 is 9.64 Å². The Morgan fingerprint density at radius 3 is 2.55 bits per heavy atom. The molecule has 0 spiro atoms. The van der Waals surface area contributed by atoms with E-state index < -0.39 is 0 Å². The average Bonchev–Trinajstić information content (AvgIpc) is 3.09. The Labute approximate surface area is 202 Å². The van der Waals surface area contributed by atoms with Crippen LogP contribution in [0.15, 0.2) is 40.0 Å². The Balaban J connectivity index is 1.81. The quantitative estimate of drug-likeness (QED) is 0.480. The standard InChI is InChI=1S/C24H24N4O3S2/c1-3-27-21(26-9-11-31-12-10-26)18(16(2)19(14-25)22(27)29)13-20-23(30)28(24(32)33-20)15-17-7-5-4-6-8-17/h4-8,13H,3,9-12,15H2,1-2H3. The molecule has 1 aromatic heterocycles. The fourth-order valence-electron chi connectivity index (χ4n) is 4.09. The fourth-order valence-corrected chi connectivity index (χ4v) is 5.32. The van der Waals surface area contributed by atoms with Crippen molar-refractivity contribution in [3.63, 3.8) is 0 Å². The second kappa shape index (κ2) is 9.91. The van der Waals surface area contributed by atoms with Gasteiger partial charge in [0.15, 0.2) is 0 Å². The van der Waals surface area contributed by atoms with Gasteiger partial charge in [-0.1, -0.05) is 54.3 Å². The molecule has 0 N–H and O–H groups in total. The monoisotopic (exact) mass is 480 g/mol. The van der Waals surface area contributed by atoms with Crippen molar-refractivity contribution in [2.24, 2.45) is 0 Å². The Kier molecular flexibility index (Phi) is 6.98. The zero-order chi connectivity index (χ0) is 23.5. The number of ether oxygens (including phenoxy) is 1. The summed E-state index contributed by atoms with van der Waals surface area (Å²) >= 11 is 6.76. The summed E-state index contributed by atoms with van der Waals surface area (Å²) in [6, 6.07) is 11.8. The van der Waals surface area contributed by atoms with Crippen molar-refractivity contribution in [3.05, 3.63) is 67.8 Å². The number of aromatic nitrogens is 1. The van der Waals surface area contributed by atoms with E-state index in [0.29, 0.717) is 59.7 Å². The molecule has 0 unspecified atom stereocenters. The lowest BCUT2D eigenvalue weighted by molar-refractivity contribution is -0.122. The maximum absolute atomic E-state index is 13.3. The van der Waals surface area contributed by atoms with Gasteiger partial charge in [-0.3, -0.25) is 19.1 Å². The highest BCUT2D eigenvalue weighted by Gasteiger charge is 2.33. The minimum atomic E-state index is -0.312. The lowest BCUT2D eigenvalue weighted by Gasteiger charge is -2.33. The first-order valence-electron chi connectivity index (χ1n) is 10.8. The van der Waals surface area contributed by atoms with Crippen LogP contribution in [0, 0.1) is 18.3 Å². The number of hydrogen-bond donors (Lipinski definition) is 0. The first-order chi connectivity index (χ1) is 16.0. The maximum atomic E-state index is 13.3. The number of benzene rings is 1. The highest BCUT2D eigenvalue weighted by molar-refractivity contribution is 8.26. The number of anilines is 1. The molecule has 0 radical (unpaired) electrons. The molecule has 9 heteroatoms. The average molecular weight is 481 g/mol. The molecule has 7 nitrogen and oxygen atoms in total. The summed E-state index contributed by atoms with van der Waals surface area (Å²) in [6.07, 6.45) is 1.79. The predicted molar refractivity (Wildman–Crippen MR) is 134 cm³/mol. The summed E-state index contributed by atoms with van der Waals surface area (Å²) in [5.74, 6) is 0.546. The van der Waals surface area contributed by atoms with Gasteiger partial charge >= 0.3 is 0 Å². The number of carbonyl (C=O) groups excluding carboxylic acids is 1. The van der Waals surface area contributed by atoms with Crippen molar-refractivity contribution in [2.75, 3.05) is 31.2 Å². The topological polar surface area (TPSA) is 78.6 Å². The van der Waals surface area contributed by atoms with Crippen LogP contribution in [-0.4, -0.2) is 46.0 Å². The largest absolute Gasteiger partial charge is 0.378 e. The van der Waals surface area contributed by atoms with Crippen LogP contribution in [0.2, 0.25) is 0 Å². The molecule has 0 aliphatic carbocycles. The number of carbonyl (C=O) groups is 1. The number of thioether (sulfide) groups is 1. The van der Waals surface area contributed by atoms with Gasteiger partial charge in [-0.2, -0.15) is 5.26 Å². The summed E-state index contributed by atoms with van der Waals surface area (Å²) in [6.45, 7) is 6.81. The molecule has 33 heavy (non-hydrogen) atoms. The van der Waals surface area contributed by atoms with Crippen LogP contribution in [0.4, 0.5) is 5.82 Å². The van der Waals surface area contributed by atoms with Crippen LogP contribution in [0.3, 0.4) is 0 Å². The van der Waals surface area contributed by atoms with E-state index in [1.165, 1.54) is 11.8 Å². The number of nitriles is 1. The zero-order valence-corrected chi connectivity index (χ0v) is 20.2. The molecule has 2 aromatic rings. The normalized spacial score (nSPS) is 17.7. The number of nitrogens with zero attached hydrogens (tertiary/aromatic N) is 4. The smallest absolute Gasteiger partial charge is 0.270 e. The van der Waals surface area contributed by atoms with Gasteiger partial charge in [-0.25, -0.2) is 0 Å². The van der Waals surface area contributed by atoms with Crippen molar-refractivity contribution in [1.29, 1.82) is 5.26 Å². The molecule has 0 atom stereocenters. The Bertz CT molecular complexity index is 1220. The Morgan fingerprint density at radius 2 is 1.91 bits per heavy atom. The fraction of sp³-hybridized carbons (Fsp3) is 0.333. The van der Waals surface area contributed by atoms with Gasteiger partial charge in [0.25, 0.3) is 11.5 Å². The SMILES string of the molecule is CCn1c(N2CCOCC2)c(C=C2SC(=S)N(Cc3ccccc3)C2=O)c(C)c(C#N)c1=O. The van der Waals surface area contributed by atoms with Crippen LogP contribution >= 0.6 is 24.0 Å². The van der Waals surface area contributed by atoms with Gasteiger partial charge in [0.1, 0.15) is 21.8 Å². The van der Waals surface area contributed by atoms with E-state index in [1.807, 2.05) is 37.3 Å². The first-order valence-corrected chi connectivity index (χ1v) is 12.0. The summed E-state index contributed by atoms with van der Waals surface area (Å²) in [7, 11) is 0. The van der Waals surface area contributed by atoms with E-state index in [0.717, 1.165) is 11.4 Å². The number of thiocarbonyl (C=S) groups is 1. The van der Waals surface area contributed by atoms with E-state index >= 15 is 0 Å². The molecular weight excluding hydrogens is 456 g/mol. The van der Waals surface area contributed by atoms with E-state index in [1.54, 1.807) is 22.5 Å². The Morgan fingerprint density at radius 1 is 1.21 bits per heavy atom. The highest BCUT2D eigenvalue weighted by atomic mass is 32.2. The number of morpholine rings is 1. The molecule has 4 rings (SSSR count). The molecule has 1 amide bonds. The minimum absolute atomic E-state index is 0.0971. The van der Waals surface area contributed by atoms with Crippen molar-refractivity contribution in [1.82, 2.24) is 9.47 Å². The van der Waals surface area contributed by atoms with E-state index in [2.05, 4.69) is 11.0 Å². The van der Waals surface area contributed by atoms with Gasteiger partial charge in [-0.15, -0.1) is 0 Å². The van der Waals surface area contributed by atoms with Crippen LogP contribution in [-0.2, 0) is 22.6 Å². The third kappa shape index (κ3) is 4.47. The summed E-state index contributed by atoms with van der Waals surface area (Å²) in [5, 5.41) is 9.69. The summed E-state index contributed by atoms with van der Waals surface area (Å²) in [5.41, 5.74) is 2.05. The lowest BCUT2D eigenvalue weighted by Crippen LogP contribution is -2.41. The first kappa shape index (κ1) is 23.2. The molecule has 2 fully saturated rings. The third-order valence-corrected chi connectivity index (χ3v) is 7.18. The number of rotatable bonds is 5. The number of amides is 1. The predicted octanol–water partition coefficient (Wildman–Crippen LogP) is 3.29. The highest BCUT2D eigenvalue weighted by Crippen LogP contribution is 2.36. The molecule has 0 saturated carbocycles. The zero-order valence-electron chi connectivity index (χ0n) is 18.5. The second-order valence-electron chi connectivity index (χ2n) is 7.75. The van der Waals surface area contributed by atoms with Crippen LogP contribution in [0.5, 0.6) is 0 Å². The molecular formula is C24H24N4O3S2. The van der Waals surface area contributed by atoms with Crippen molar-refractivity contribution in [3.8, 4) is 6.07 Å². The van der Waals surface area contributed by atoms with E-state index in [9.17, 15) is 14.9 Å². The van der Waals surface area contributed by atoms with Gasteiger partial charge in [0.2, 0.25) is 0 Å². The van der Waals surface area contributed by atoms with Crippen LogP contribution < -0.4 is 10.5 Å². The summed E-state index contributed by atoms with van der Waals surface area (Å²) < 4.78 is 7.61. The third-order valence-electron chi connectivity index (χ3n) is 5.81. The molecule has 3 heterocycles. The lowest BCUT2D eigenvalue weighted by atomic mass is 10.0. The van der Waals surface area contributed by atoms with Gasteiger partial charge in [-0.05, 0) is 31.1 Å². The molecule has 0 bridgehead atoms. The second-order valence-corrected chi connectivity index (χ2v) is 9.43. The number of hydrogen-bond acceptors (Lipinski definition) is 7. The maximum Gasteiger partial charge on any atom is 0.270 e. The van der Waals surface area contributed by atoms with E-state index in [-0.39, 0.29) is 17.0 Å². The molecule has 1 aromatic carbocycles. The van der Waals surface area contributed by atoms with Crippen molar-refractivity contribution >= 4 is 46.1 Å². The summed E-state index contributed by atoms with van der Waals surface area (Å²) in [4.78, 5) is 30.5.